The van der Waals surface area contributed by atoms with Crippen LogP contribution < -0.4 is 10.1 Å². The van der Waals surface area contributed by atoms with Gasteiger partial charge in [0.2, 0.25) is 0 Å². The zero-order chi connectivity index (χ0) is 12.8. The Morgan fingerprint density at radius 2 is 2.18 bits per heavy atom. The number of hydrogen-bond acceptors (Lipinski definition) is 4. The molecule has 0 spiro atoms. The summed E-state index contributed by atoms with van der Waals surface area (Å²) in [7, 11) is 0. The number of hydrogen-bond donors (Lipinski definition) is 1. The van der Waals surface area contributed by atoms with Gasteiger partial charge in [0.05, 0.1) is 11.0 Å². The molecule has 0 heterocycles. The second kappa shape index (κ2) is 6.08. The van der Waals surface area contributed by atoms with Crippen LogP contribution in [0, 0.1) is 10.1 Å². The van der Waals surface area contributed by atoms with Crippen LogP contribution >= 0.6 is 0 Å². The van der Waals surface area contributed by atoms with Crippen molar-refractivity contribution in [2.75, 3.05) is 11.9 Å². The summed E-state index contributed by atoms with van der Waals surface area (Å²) in [5.74, 6) is 0.311. The number of ether oxygens (including phenoxy) is 1. The molecule has 0 amide bonds. The lowest BCUT2D eigenvalue weighted by atomic mass is 10.2. The lowest BCUT2D eigenvalue weighted by Gasteiger charge is -2.12. The summed E-state index contributed by atoms with van der Waals surface area (Å²) in [6.45, 7) is 6.39. The van der Waals surface area contributed by atoms with Crippen molar-refractivity contribution in [2.24, 2.45) is 0 Å². The molecule has 0 aliphatic rings. The Morgan fingerprint density at radius 3 is 2.71 bits per heavy atom. The molecule has 1 aromatic carbocycles. The van der Waals surface area contributed by atoms with Crippen LogP contribution in [-0.2, 0) is 0 Å². The fraction of sp³-hybridized carbons (Fsp3) is 0.500. The zero-order valence-corrected chi connectivity index (χ0v) is 10.4. The number of nitrogens with zero attached hydrogens (tertiary/aromatic N) is 1. The van der Waals surface area contributed by atoms with Gasteiger partial charge < -0.3 is 10.1 Å². The van der Waals surface area contributed by atoms with Gasteiger partial charge in [-0.1, -0.05) is 13.0 Å². The standard InChI is InChI=1S/C12H18N2O3/c1-4-8-13-10-6-5-7-11(17-9(2)3)12(10)14(15)16/h5-7,9,13H,4,8H2,1-3H3. The zero-order valence-electron chi connectivity index (χ0n) is 10.4. The Labute approximate surface area is 101 Å². The Hall–Kier alpha value is -1.78. The van der Waals surface area contributed by atoms with Crippen molar-refractivity contribution in [2.45, 2.75) is 33.3 Å². The second-order valence-corrected chi connectivity index (χ2v) is 4.00. The molecule has 0 radical (unpaired) electrons. The van der Waals surface area contributed by atoms with Crippen LogP contribution in [-0.4, -0.2) is 17.6 Å². The first kappa shape index (κ1) is 13.3. The van der Waals surface area contributed by atoms with Crippen LogP contribution in [0.15, 0.2) is 18.2 Å². The minimum Gasteiger partial charge on any atom is -0.484 e. The average molecular weight is 238 g/mol. The van der Waals surface area contributed by atoms with Crippen LogP contribution in [0.1, 0.15) is 27.2 Å². The molecule has 1 N–H and O–H groups in total. The molecule has 0 bridgehead atoms. The van der Waals surface area contributed by atoms with Crippen molar-refractivity contribution >= 4 is 11.4 Å². The Kier molecular flexibility index (Phi) is 4.75. The highest BCUT2D eigenvalue weighted by molar-refractivity contribution is 5.68. The predicted molar refractivity (Wildman–Crippen MR) is 67.6 cm³/mol. The molecule has 0 unspecified atom stereocenters. The van der Waals surface area contributed by atoms with E-state index in [1.54, 1.807) is 18.2 Å². The number of anilines is 1. The van der Waals surface area contributed by atoms with E-state index in [1.165, 1.54) is 0 Å². The van der Waals surface area contributed by atoms with Gasteiger partial charge in [-0.2, -0.15) is 0 Å². The first-order chi connectivity index (χ1) is 8.06. The van der Waals surface area contributed by atoms with E-state index < -0.39 is 4.92 Å². The molecular weight excluding hydrogens is 220 g/mol. The number of nitrogens with one attached hydrogen (secondary N) is 1. The van der Waals surface area contributed by atoms with Crippen LogP contribution in [0.5, 0.6) is 5.75 Å². The highest BCUT2D eigenvalue weighted by Crippen LogP contribution is 2.35. The fourth-order valence-electron chi connectivity index (χ4n) is 1.46. The smallest absolute Gasteiger partial charge is 0.333 e. The van der Waals surface area contributed by atoms with Gasteiger partial charge in [0.1, 0.15) is 5.69 Å². The van der Waals surface area contributed by atoms with E-state index >= 15 is 0 Å². The lowest BCUT2D eigenvalue weighted by molar-refractivity contribution is -0.385. The first-order valence-electron chi connectivity index (χ1n) is 5.74. The number of rotatable bonds is 6. The van der Waals surface area contributed by atoms with Gasteiger partial charge in [0.25, 0.3) is 0 Å². The molecular formula is C12H18N2O3. The van der Waals surface area contributed by atoms with Gasteiger partial charge in [0, 0.05) is 6.54 Å². The molecule has 0 atom stereocenters. The van der Waals surface area contributed by atoms with Crippen LogP contribution in [0.2, 0.25) is 0 Å². The molecule has 17 heavy (non-hydrogen) atoms. The molecule has 5 nitrogen and oxygen atoms in total. The van der Waals surface area contributed by atoms with Crippen LogP contribution in [0.3, 0.4) is 0 Å². The minimum atomic E-state index is -0.407. The molecule has 5 heteroatoms. The first-order valence-corrected chi connectivity index (χ1v) is 5.74. The normalized spacial score (nSPS) is 10.4. The summed E-state index contributed by atoms with van der Waals surface area (Å²) in [6, 6.07) is 5.07. The van der Waals surface area contributed by atoms with Crippen molar-refractivity contribution in [1.29, 1.82) is 0 Å². The van der Waals surface area contributed by atoms with Gasteiger partial charge in [-0.3, -0.25) is 10.1 Å². The summed E-state index contributed by atoms with van der Waals surface area (Å²) >= 11 is 0. The van der Waals surface area contributed by atoms with E-state index in [0.29, 0.717) is 18.0 Å². The maximum Gasteiger partial charge on any atom is 0.333 e. The third-order valence-corrected chi connectivity index (χ3v) is 2.11. The summed E-state index contributed by atoms with van der Waals surface area (Å²) in [5, 5.41) is 14.1. The molecule has 94 valence electrons. The number of nitro groups is 1. The average Bonchev–Trinajstić information content (AvgIpc) is 2.25. The summed E-state index contributed by atoms with van der Waals surface area (Å²) in [5.41, 5.74) is 0.518. The highest BCUT2D eigenvalue weighted by Gasteiger charge is 2.21. The van der Waals surface area contributed by atoms with Crippen LogP contribution in [0.25, 0.3) is 0 Å². The molecule has 0 aliphatic heterocycles. The summed E-state index contributed by atoms with van der Waals surface area (Å²) < 4.78 is 5.45. The minimum absolute atomic E-state index is 0.00894. The highest BCUT2D eigenvalue weighted by atomic mass is 16.6. The maximum atomic E-state index is 11.1. The van der Waals surface area contributed by atoms with Crippen molar-refractivity contribution in [1.82, 2.24) is 0 Å². The number of benzene rings is 1. The van der Waals surface area contributed by atoms with Gasteiger partial charge >= 0.3 is 5.69 Å². The Bertz CT molecular complexity index is 391. The third-order valence-electron chi connectivity index (χ3n) is 2.11. The fourth-order valence-corrected chi connectivity index (χ4v) is 1.46. The Morgan fingerprint density at radius 1 is 1.47 bits per heavy atom. The maximum absolute atomic E-state index is 11.1. The van der Waals surface area contributed by atoms with E-state index in [4.69, 9.17) is 4.74 Å². The number of nitro benzene ring substituents is 1. The monoisotopic (exact) mass is 238 g/mol. The van der Waals surface area contributed by atoms with E-state index in [-0.39, 0.29) is 11.8 Å². The molecule has 0 saturated carbocycles. The topological polar surface area (TPSA) is 64.4 Å². The van der Waals surface area contributed by atoms with Crippen molar-refractivity contribution in [3.8, 4) is 5.75 Å². The van der Waals surface area contributed by atoms with E-state index in [2.05, 4.69) is 5.32 Å². The van der Waals surface area contributed by atoms with Gasteiger partial charge in [-0.05, 0) is 32.4 Å². The van der Waals surface area contributed by atoms with Crippen molar-refractivity contribution < 1.29 is 9.66 Å². The van der Waals surface area contributed by atoms with E-state index in [1.807, 2.05) is 20.8 Å². The SMILES string of the molecule is CCCNc1cccc(OC(C)C)c1[N+](=O)[O-]. The second-order valence-electron chi connectivity index (χ2n) is 4.00. The molecule has 1 aromatic rings. The van der Waals surface area contributed by atoms with Gasteiger partial charge in [-0.15, -0.1) is 0 Å². The molecule has 0 saturated heterocycles. The van der Waals surface area contributed by atoms with Crippen LogP contribution in [0.4, 0.5) is 11.4 Å². The van der Waals surface area contributed by atoms with Crippen molar-refractivity contribution in [3.63, 3.8) is 0 Å². The van der Waals surface area contributed by atoms with Crippen molar-refractivity contribution in [3.05, 3.63) is 28.3 Å². The van der Waals surface area contributed by atoms with E-state index in [9.17, 15) is 10.1 Å². The van der Waals surface area contributed by atoms with Gasteiger partial charge in [0.15, 0.2) is 5.75 Å². The molecule has 0 aliphatic carbocycles. The largest absolute Gasteiger partial charge is 0.484 e. The summed E-state index contributed by atoms with van der Waals surface area (Å²) in [4.78, 5) is 10.7. The quantitative estimate of drug-likeness (QED) is 0.610. The molecule has 1 rings (SSSR count). The molecule has 0 fully saturated rings. The third kappa shape index (κ3) is 3.62. The Balaban J connectivity index is 3.08. The predicted octanol–water partition coefficient (Wildman–Crippen LogP) is 3.20. The number of para-hydroxylation sites is 1. The van der Waals surface area contributed by atoms with Gasteiger partial charge in [-0.25, -0.2) is 0 Å². The summed E-state index contributed by atoms with van der Waals surface area (Å²) in [6.07, 6.45) is 0.821. The lowest BCUT2D eigenvalue weighted by Crippen LogP contribution is -2.09. The van der Waals surface area contributed by atoms with E-state index in [0.717, 1.165) is 6.42 Å². The molecule has 0 aromatic heterocycles.